The molecule has 3 aliphatic carbocycles. The van der Waals surface area contributed by atoms with E-state index in [-0.39, 0.29) is 17.4 Å². The molecule has 0 aromatic rings. The van der Waals surface area contributed by atoms with E-state index < -0.39 is 0 Å². The van der Waals surface area contributed by atoms with Crippen molar-refractivity contribution in [3.8, 4) is 0 Å². The lowest BCUT2D eigenvalue weighted by atomic mass is 9.46. The SMILES string of the molecule is C=C1C[C@H]2NC(=O)C=C[C@]2(C)C2CC[C@@]3(C)C(CC[C@@H]3C(C)CCCC(C)C)C12. The Hall–Kier alpha value is -1.05. The third kappa shape index (κ3) is 3.43. The van der Waals surface area contributed by atoms with Crippen molar-refractivity contribution in [2.75, 3.05) is 0 Å². The summed E-state index contributed by atoms with van der Waals surface area (Å²) in [5.41, 5.74) is 2.01. The monoisotopic (exact) mass is 397 g/mol. The Morgan fingerprint density at radius 3 is 2.62 bits per heavy atom. The van der Waals surface area contributed by atoms with Crippen molar-refractivity contribution >= 4 is 5.91 Å². The van der Waals surface area contributed by atoms with Gasteiger partial charge in [0.2, 0.25) is 5.91 Å². The second-order valence-corrected chi connectivity index (χ2v) is 11.9. The van der Waals surface area contributed by atoms with E-state index in [1.807, 2.05) is 0 Å². The zero-order valence-electron chi connectivity index (χ0n) is 19.5. The Kier molecular flexibility index (Phi) is 5.53. The predicted molar refractivity (Wildman–Crippen MR) is 121 cm³/mol. The fraction of sp³-hybridized carbons (Fsp3) is 0.815. The third-order valence-electron chi connectivity index (χ3n) is 9.87. The van der Waals surface area contributed by atoms with Gasteiger partial charge in [-0.05, 0) is 79.1 Å². The van der Waals surface area contributed by atoms with Gasteiger partial charge in [0.15, 0.2) is 0 Å². The van der Waals surface area contributed by atoms with Gasteiger partial charge in [-0.2, -0.15) is 0 Å². The number of carbonyl (C=O) groups is 1. The van der Waals surface area contributed by atoms with Crippen molar-refractivity contribution in [2.24, 2.45) is 46.3 Å². The van der Waals surface area contributed by atoms with Crippen LogP contribution in [0.5, 0.6) is 0 Å². The lowest BCUT2D eigenvalue weighted by Gasteiger charge is -2.60. The maximum Gasteiger partial charge on any atom is 0.243 e. The molecule has 0 bridgehead atoms. The van der Waals surface area contributed by atoms with E-state index in [0.717, 1.165) is 30.1 Å². The smallest absolute Gasteiger partial charge is 0.243 e. The van der Waals surface area contributed by atoms with Crippen LogP contribution in [0.1, 0.15) is 86.0 Å². The van der Waals surface area contributed by atoms with Gasteiger partial charge in [0.25, 0.3) is 0 Å². The lowest BCUT2D eigenvalue weighted by Crippen LogP contribution is -2.60. The first-order chi connectivity index (χ1) is 13.7. The molecule has 162 valence electrons. The summed E-state index contributed by atoms with van der Waals surface area (Å²) in [6, 6.07) is 0.241. The summed E-state index contributed by atoms with van der Waals surface area (Å²) in [6.45, 7) is 16.9. The molecule has 3 saturated carbocycles. The first-order valence-corrected chi connectivity index (χ1v) is 12.3. The van der Waals surface area contributed by atoms with Gasteiger partial charge in [0.05, 0.1) is 0 Å². The highest BCUT2D eigenvalue weighted by Gasteiger charge is 2.61. The van der Waals surface area contributed by atoms with Gasteiger partial charge in [-0.15, -0.1) is 0 Å². The Balaban J connectivity index is 1.54. The van der Waals surface area contributed by atoms with Crippen LogP contribution in [0.2, 0.25) is 0 Å². The largest absolute Gasteiger partial charge is 0.349 e. The molecule has 1 aliphatic heterocycles. The number of fused-ring (bicyclic) bond motifs is 5. The normalized spacial score (nSPS) is 44.8. The third-order valence-corrected chi connectivity index (χ3v) is 9.87. The molecule has 0 saturated heterocycles. The highest BCUT2D eigenvalue weighted by atomic mass is 16.1. The zero-order chi connectivity index (χ0) is 21.0. The molecule has 4 aliphatic rings. The minimum atomic E-state index is 0.0792. The zero-order valence-corrected chi connectivity index (χ0v) is 19.5. The molecule has 0 spiro atoms. The molecule has 0 aromatic carbocycles. The Bertz CT molecular complexity index is 693. The first-order valence-electron chi connectivity index (χ1n) is 12.3. The fourth-order valence-corrected chi connectivity index (χ4v) is 8.23. The van der Waals surface area contributed by atoms with Crippen LogP contribution >= 0.6 is 0 Å². The van der Waals surface area contributed by atoms with Crippen molar-refractivity contribution in [2.45, 2.75) is 92.0 Å². The molecule has 0 aromatic heterocycles. The van der Waals surface area contributed by atoms with E-state index in [4.69, 9.17) is 0 Å². The van der Waals surface area contributed by atoms with Crippen molar-refractivity contribution in [3.63, 3.8) is 0 Å². The van der Waals surface area contributed by atoms with E-state index in [2.05, 4.69) is 52.6 Å². The van der Waals surface area contributed by atoms with Gasteiger partial charge in [0, 0.05) is 11.5 Å². The molecule has 1 N–H and O–H groups in total. The van der Waals surface area contributed by atoms with Gasteiger partial charge < -0.3 is 5.32 Å². The number of nitrogens with one attached hydrogen (secondary N) is 1. The summed E-state index contributed by atoms with van der Waals surface area (Å²) in [6.07, 6.45) is 14.6. The Labute approximate surface area is 179 Å². The number of amides is 1. The quantitative estimate of drug-likeness (QED) is 0.525. The van der Waals surface area contributed by atoms with Gasteiger partial charge >= 0.3 is 0 Å². The van der Waals surface area contributed by atoms with Gasteiger partial charge in [-0.25, -0.2) is 0 Å². The number of rotatable bonds is 5. The van der Waals surface area contributed by atoms with Crippen LogP contribution in [-0.4, -0.2) is 11.9 Å². The molecule has 1 heterocycles. The average molecular weight is 398 g/mol. The van der Waals surface area contributed by atoms with Crippen LogP contribution in [0.4, 0.5) is 0 Å². The topological polar surface area (TPSA) is 29.1 Å². The van der Waals surface area contributed by atoms with Crippen LogP contribution < -0.4 is 5.32 Å². The van der Waals surface area contributed by atoms with E-state index in [9.17, 15) is 4.79 Å². The van der Waals surface area contributed by atoms with Crippen molar-refractivity contribution in [3.05, 3.63) is 24.3 Å². The first kappa shape index (κ1) is 21.2. The number of hydrogen-bond acceptors (Lipinski definition) is 1. The standard InChI is InChI=1S/C27H43NO/c1-17(2)8-7-9-18(3)20-10-11-21-25-19(4)16-23-27(6,15-13-24(29)28-23)22(25)12-14-26(20,21)5/h13,15,17-18,20-23,25H,4,7-12,14,16H2,1-3,5-6H3,(H,28,29)/t18?,20-,21?,22?,23-,25?,26-,27-/m1/s1. The van der Waals surface area contributed by atoms with Crippen LogP contribution in [0, 0.1) is 46.3 Å². The number of carbonyl (C=O) groups excluding carboxylic acids is 1. The summed E-state index contributed by atoms with van der Waals surface area (Å²) in [5, 5.41) is 3.26. The van der Waals surface area contributed by atoms with Crippen LogP contribution in [0.15, 0.2) is 24.3 Å². The molecule has 4 rings (SSSR count). The lowest BCUT2D eigenvalue weighted by molar-refractivity contribution is -0.121. The van der Waals surface area contributed by atoms with Gasteiger partial charge in [0.1, 0.15) is 0 Å². The van der Waals surface area contributed by atoms with Gasteiger partial charge in [-0.1, -0.05) is 72.1 Å². The van der Waals surface area contributed by atoms with Crippen LogP contribution in [0.25, 0.3) is 0 Å². The van der Waals surface area contributed by atoms with E-state index >= 15 is 0 Å². The molecule has 0 radical (unpaired) electrons. The van der Waals surface area contributed by atoms with Crippen molar-refractivity contribution in [1.82, 2.24) is 5.32 Å². The van der Waals surface area contributed by atoms with E-state index in [1.54, 1.807) is 6.08 Å². The summed E-state index contributed by atoms with van der Waals surface area (Å²) in [5.74, 6) is 4.69. The van der Waals surface area contributed by atoms with Crippen LogP contribution in [0.3, 0.4) is 0 Å². The molecule has 3 fully saturated rings. The van der Waals surface area contributed by atoms with Gasteiger partial charge in [-0.3, -0.25) is 4.79 Å². The highest BCUT2D eigenvalue weighted by Crippen LogP contribution is 2.67. The number of hydrogen-bond donors (Lipinski definition) is 1. The molecule has 29 heavy (non-hydrogen) atoms. The molecular formula is C27H43NO. The summed E-state index contributed by atoms with van der Waals surface area (Å²) >= 11 is 0. The molecular weight excluding hydrogens is 354 g/mol. The van der Waals surface area contributed by atoms with Crippen molar-refractivity contribution in [1.29, 1.82) is 0 Å². The molecule has 2 nitrogen and oxygen atoms in total. The summed E-state index contributed by atoms with van der Waals surface area (Å²) in [7, 11) is 0. The minimum Gasteiger partial charge on any atom is -0.349 e. The minimum absolute atomic E-state index is 0.0792. The maximum atomic E-state index is 12.0. The van der Waals surface area contributed by atoms with E-state index in [0.29, 0.717) is 17.3 Å². The van der Waals surface area contributed by atoms with Crippen LogP contribution in [-0.2, 0) is 4.79 Å². The Morgan fingerprint density at radius 2 is 1.90 bits per heavy atom. The second-order valence-electron chi connectivity index (χ2n) is 11.9. The molecule has 4 unspecified atom stereocenters. The Morgan fingerprint density at radius 1 is 1.14 bits per heavy atom. The summed E-state index contributed by atoms with van der Waals surface area (Å²) in [4.78, 5) is 12.0. The van der Waals surface area contributed by atoms with E-state index in [1.165, 1.54) is 50.5 Å². The highest BCUT2D eigenvalue weighted by molar-refractivity contribution is 5.89. The molecule has 2 heteroatoms. The molecule has 1 amide bonds. The average Bonchev–Trinajstić information content (AvgIpc) is 3.00. The molecule has 8 atom stereocenters. The van der Waals surface area contributed by atoms with Crippen molar-refractivity contribution < 1.29 is 4.79 Å². The fourth-order valence-electron chi connectivity index (χ4n) is 8.23. The second kappa shape index (κ2) is 7.57. The summed E-state index contributed by atoms with van der Waals surface area (Å²) < 4.78 is 0. The maximum absolute atomic E-state index is 12.0. The predicted octanol–water partition coefficient (Wildman–Crippen LogP) is 6.53.